The monoisotopic (exact) mass is 418 g/mol. The van der Waals surface area contributed by atoms with Crippen LogP contribution in [-0.2, 0) is 4.79 Å². The van der Waals surface area contributed by atoms with Gasteiger partial charge >= 0.3 is 5.97 Å². The van der Waals surface area contributed by atoms with Crippen LogP contribution in [0.5, 0.6) is 0 Å². The van der Waals surface area contributed by atoms with E-state index >= 15 is 0 Å². The predicted molar refractivity (Wildman–Crippen MR) is 116 cm³/mol. The number of rotatable bonds is 3. The van der Waals surface area contributed by atoms with E-state index in [2.05, 4.69) is 5.32 Å². The fraction of sp³-hybridized carbons (Fsp3) is 0.318. The largest absolute Gasteiger partial charge is 0.478 e. The van der Waals surface area contributed by atoms with Crippen molar-refractivity contribution in [3.05, 3.63) is 64.7 Å². The van der Waals surface area contributed by atoms with Crippen LogP contribution in [0.15, 0.2) is 48.5 Å². The number of carbonyl (C=O) groups excluding carboxylic acids is 2. The van der Waals surface area contributed by atoms with Crippen LogP contribution in [-0.4, -0.2) is 29.3 Å². The lowest BCUT2D eigenvalue weighted by molar-refractivity contribution is -0.114. The Labute approximate surface area is 176 Å². The molecule has 0 saturated heterocycles. The second-order valence-electron chi connectivity index (χ2n) is 6.63. The van der Waals surface area contributed by atoms with Crippen molar-refractivity contribution in [3.8, 4) is 0 Å². The molecule has 0 aromatic heterocycles. The molecule has 0 unspecified atom stereocenters. The zero-order chi connectivity index (χ0) is 21.6. The van der Waals surface area contributed by atoms with Crippen LogP contribution < -0.4 is 11.1 Å². The number of aldehydes is 1. The summed E-state index contributed by atoms with van der Waals surface area (Å²) >= 11 is 5.52. The molecule has 6 nitrogen and oxygen atoms in total. The van der Waals surface area contributed by atoms with Crippen LogP contribution in [0.3, 0.4) is 0 Å². The number of carboxylic acid groups (broad SMARTS) is 1. The van der Waals surface area contributed by atoms with Gasteiger partial charge in [-0.15, -0.1) is 0 Å². The maximum Gasteiger partial charge on any atom is 0.335 e. The van der Waals surface area contributed by atoms with Crippen LogP contribution in [0.1, 0.15) is 59.7 Å². The van der Waals surface area contributed by atoms with Crippen molar-refractivity contribution in [2.45, 2.75) is 45.1 Å². The number of anilines is 1. The highest BCUT2D eigenvalue weighted by molar-refractivity contribution is 6.30. The highest BCUT2D eigenvalue weighted by Gasteiger charge is 2.06. The lowest BCUT2D eigenvalue weighted by Gasteiger charge is -2.15. The summed E-state index contributed by atoms with van der Waals surface area (Å²) in [6.45, 7) is 1.44. The minimum absolute atomic E-state index is 0.117. The van der Waals surface area contributed by atoms with Gasteiger partial charge in [0.25, 0.3) is 0 Å². The molecule has 0 bridgehead atoms. The first kappa shape index (κ1) is 24.3. The number of halogens is 1. The summed E-state index contributed by atoms with van der Waals surface area (Å²) in [4.78, 5) is 31.1. The molecule has 1 saturated carbocycles. The first-order valence-corrected chi connectivity index (χ1v) is 9.77. The van der Waals surface area contributed by atoms with Gasteiger partial charge in [-0.2, -0.15) is 0 Å². The first-order valence-electron chi connectivity index (χ1n) is 9.39. The first-order chi connectivity index (χ1) is 13.8. The van der Waals surface area contributed by atoms with Crippen LogP contribution in [0.25, 0.3) is 0 Å². The van der Waals surface area contributed by atoms with E-state index in [0.29, 0.717) is 22.3 Å². The lowest BCUT2D eigenvalue weighted by atomic mass is 9.97. The number of carbonyl (C=O) groups is 3. The van der Waals surface area contributed by atoms with E-state index in [1.165, 1.54) is 51.2 Å². The van der Waals surface area contributed by atoms with E-state index < -0.39 is 5.97 Å². The number of carboxylic acids is 1. The Kier molecular flexibility index (Phi) is 11.3. The summed E-state index contributed by atoms with van der Waals surface area (Å²) in [6.07, 6.45) is 7.42. The molecule has 156 valence electrons. The van der Waals surface area contributed by atoms with Gasteiger partial charge in [0.1, 0.15) is 6.29 Å². The summed E-state index contributed by atoms with van der Waals surface area (Å²) in [5.41, 5.74) is 7.19. The molecule has 1 aliphatic carbocycles. The molecule has 4 N–H and O–H groups in total. The van der Waals surface area contributed by atoms with Gasteiger partial charge in [-0.25, -0.2) is 4.79 Å². The van der Waals surface area contributed by atoms with E-state index in [-0.39, 0.29) is 11.5 Å². The fourth-order valence-corrected chi connectivity index (χ4v) is 2.70. The Balaban J connectivity index is 0.000000225. The van der Waals surface area contributed by atoms with Gasteiger partial charge in [0.2, 0.25) is 5.91 Å². The Morgan fingerprint density at radius 3 is 1.97 bits per heavy atom. The molecule has 1 aliphatic rings. The smallest absolute Gasteiger partial charge is 0.335 e. The molecule has 7 heteroatoms. The molecule has 0 spiro atoms. The van der Waals surface area contributed by atoms with E-state index in [4.69, 9.17) is 22.4 Å². The van der Waals surface area contributed by atoms with Crippen molar-refractivity contribution in [2.75, 3.05) is 5.32 Å². The van der Waals surface area contributed by atoms with E-state index in [9.17, 15) is 14.4 Å². The van der Waals surface area contributed by atoms with Crippen molar-refractivity contribution in [3.63, 3.8) is 0 Å². The quantitative estimate of drug-likeness (QED) is 0.621. The number of hydrogen-bond acceptors (Lipinski definition) is 4. The van der Waals surface area contributed by atoms with Gasteiger partial charge < -0.3 is 16.2 Å². The number of nitrogens with one attached hydrogen (secondary N) is 1. The minimum atomic E-state index is -0.934. The molecular weight excluding hydrogens is 392 g/mol. The highest BCUT2D eigenvalue weighted by atomic mass is 35.5. The Bertz CT molecular complexity index is 770. The maximum absolute atomic E-state index is 10.6. The third kappa shape index (κ3) is 11.0. The lowest BCUT2D eigenvalue weighted by Crippen LogP contribution is -2.22. The predicted octanol–water partition coefficient (Wildman–Crippen LogP) is 4.77. The van der Waals surface area contributed by atoms with Crippen molar-refractivity contribution in [1.82, 2.24) is 0 Å². The van der Waals surface area contributed by atoms with Gasteiger partial charge in [-0.05, 0) is 61.4 Å². The third-order valence-corrected chi connectivity index (χ3v) is 4.36. The molecular formula is C22H27ClN2O4. The number of benzene rings is 2. The summed E-state index contributed by atoms with van der Waals surface area (Å²) < 4.78 is 0. The summed E-state index contributed by atoms with van der Waals surface area (Å²) in [6, 6.07) is 13.2. The average Bonchev–Trinajstić information content (AvgIpc) is 2.70. The second-order valence-corrected chi connectivity index (χ2v) is 7.07. The van der Waals surface area contributed by atoms with Crippen LogP contribution in [0.4, 0.5) is 5.69 Å². The van der Waals surface area contributed by atoms with Gasteiger partial charge in [0.05, 0.1) is 5.56 Å². The Morgan fingerprint density at radius 1 is 1.03 bits per heavy atom. The van der Waals surface area contributed by atoms with Gasteiger partial charge in [0.15, 0.2) is 0 Å². The van der Waals surface area contributed by atoms with E-state index in [1.54, 1.807) is 36.4 Å². The third-order valence-electron chi connectivity index (χ3n) is 4.11. The molecule has 0 heterocycles. The maximum atomic E-state index is 10.6. The summed E-state index contributed by atoms with van der Waals surface area (Å²) in [7, 11) is 0. The van der Waals surface area contributed by atoms with Crippen LogP contribution >= 0.6 is 11.6 Å². The molecule has 0 atom stereocenters. The molecule has 0 radical (unpaired) electrons. The highest BCUT2D eigenvalue weighted by Crippen LogP contribution is 2.14. The van der Waals surface area contributed by atoms with Crippen LogP contribution in [0.2, 0.25) is 5.02 Å². The standard InChI is InChI=1S/C9H9NO2.C7H5ClO2.C6H13N/c1-7(12)10-9-4-2-8(6-11)3-5-9;8-6-3-1-5(2-4-6)7(9)10;7-6-4-2-1-3-5-6/h2-6H,1H3,(H,10,12);1-4H,(H,9,10);6H,1-5,7H2. The van der Waals surface area contributed by atoms with Gasteiger partial charge in [0, 0.05) is 29.2 Å². The molecule has 2 aromatic carbocycles. The van der Waals surface area contributed by atoms with E-state index in [0.717, 1.165) is 6.29 Å². The van der Waals surface area contributed by atoms with Crippen molar-refractivity contribution in [1.29, 1.82) is 0 Å². The molecule has 0 aliphatic heterocycles. The van der Waals surface area contributed by atoms with Crippen molar-refractivity contribution in [2.24, 2.45) is 5.73 Å². The number of nitrogens with two attached hydrogens (primary N) is 1. The molecule has 1 amide bonds. The number of amides is 1. The topological polar surface area (TPSA) is 109 Å². The zero-order valence-electron chi connectivity index (χ0n) is 16.4. The van der Waals surface area contributed by atoms with E-state index in [1.807, 2.05) is 0 Å². The number of aromatic carboxylic acids is 1. The molecule has 3 rings (SSSR count). The summed E-state index contributed by atoms with van der Waals surface area (Å²) in [5.74, 6) is -1.05. The molecule has 2 aromatic rings. The summed E-state index contributed by atoms with van der Waals surface area (Å²) in [5, 5.41) is 11.6. The van der Waals surface area contributed by atoms with Gasteiger partial charge in [-0.3, -0.25) is 9.59 Å². The normalized spacial score (nSPS) is 13.1. The Hall–Kier alpha value is -2.70. The molecule has 1 fully saturated rings. The van der Waals surface area contributed by atoms with Crippen molar-refractivity contribution < 1.29 is 19.5 Å². The minimum Gasteiger partial charge on any atom is -0.478 e. The van der Waals surface area contributed by atoms with Crippen LogP contribution in [0, 0.1) is 0 Å². The zero-order valence-corrected chi connectivity index (χ0v) is 17.2. The second kappa shape index (κ2) is 13.5. The average molecular weight is 419 g/mol. The fourth-order valence-electron chi connectivity index (χ4n) is 2.57. The van der Waals surface area contributed by atoms with Gasteiger partial charge in [-0.1, -0.05) is 30.9 Å². The Morgan fingerprint density at radius 2 is 1.59 bits per heavy atom. The molecule has 29 heavy (non-hydrogen) atoms. The van der Waals surface area contributed by atoms with Crippen molar-refractivity contribution >= 4 is 35.5 Å². The number of hydrogen-bond donors (Lipinski definition) is 3. The SMILES string of the molecule is CC(=O)Nc1ccc(C=O)cc1.NC1CCCCC1.O=C(O)c1ccc(Cl)cc1.